The average molecular weight is 435 g/mol. The lowest BCUT2D eigenvalue weighted by atomic mass is 9.94. The minimum atomic E-state index is 0.0607. The zero-order valence-corrected chi connectivity index (χ0v) is 18.8. The average Bonchev–Trinajstić information content (AvgIpc) is 3.59. The van der Waals surface area contributed by atoms with Crippen LogP contribution in [0.15, 0.2) is 53.2 Å². The zero-order valence-electron chi connectivity index (χ0n) is 18.8. The van der Waals surface area contributed by atoms with Gasteiger partial charge in [-0.2, -0.15) is 0 Å². The number of ether oxygens (including phenoxy) is 1. The van der Waals surface area contributed by atoms with Gasteiger partial charge in [-0.3, -0.25) is 9.69 Å². The molecule has 0 bridgehead atoms. The number of benzene rings is 1. The normalized spacial score (nSPS) is 22.6. The Morgan fingerprint density at radius 2 is 1.81 bits per heavy atom. The van der Waals surface area contributed by atoms with Crippen LogP contribution in [0.25, 0.3) is 6.08 Å². The van der Waals surface area contributed by atoms with Crippen LogP contribution in [-0.4, -0.2) is 60.6 Å². The van der Waals surface area contributed by atoms with Crippen molar-refractivity contribution in [3.8, 4) is 0 Å². The van der Waals surface area contributed by atoms with Crippen molar-refractivity contribution in [2.45, 2.75) is 50.7 Å². The highest BCUT2D eigenvalue weighted by Crippen LogP contribution is 2.29. The number of hydrogen-bond donors (Lipinski definition) is 0. The molecule has 5 nitrogen and oxygen atoms in total. The molecule has 2 aromatic rings. The van der Waals surface area contributed by atoms with Gasteiger partial charge in [0.2, 0.25) is 5.91 Å². The van der Waals surface area contributed by atoms with E-state index in [0.717, 1.165) is 51.9 Å². The molecule has 170 valence electrons. The van der Waals surface area contributed by atoms with Crippen LogP contribution in [0.4, 0.5) is 0 Å². The second-order valence-electron chi connectivity index (χ2n) is 9.54. The fourth-order valence-electron chi connectivity index (χ4n) is 5.54. The number of likely N-dealkylation sites (tertiary alicyclic amines) is 1. The molecule has 0 spiro atoms. The van der Waals surface area contributed by atoms with Crippen LogP contribution in [0, 0.1) is 5.92 Å². The number of furan rings is 1. The molecule has 0 saturated carbocycles. The van der Waals surface area contributed by atoms with E-state index in [1.54, 1.807) is 18.4 Å². The van der Waals surface area contributed by atoms with Crippen molar-refractivity contribution in [1.29, 1.82) is 0 Å². The zero-order chi connectivity index (χ0) is 21.8. The van der Waals surface area contributed by atoms with Gasteiger partial charge in [0.25, 0.3) is 0 Å². The standard InChI is InChI=1S/C27H34N2O3/c30-27(10-9-25-7-3-15-31-25)29(20-26-8-4-16-32-26)19-21-11-13-28(14-12-21)24-17-22-5-1-2-6-23(22)18-24/h1-3,5-7,9-10,15,21,24,26H,4,8,11-14,16-20H2/b10-9+. The van der Waals surface area contributed by atoms with Gasteiger partial charge in [0.05, 0.1) is 12.4 Å². The van der Waals surface area contributed by atoms with Gasteiger partial charge in [-0.25, -0.2) is 0 Å². The van der Waals surface area contributed by atoms with E-state index in [9.17, 15) is 4.79 Å². The van der Waals surface area contributed by atoms with Gasteiger partial charge >= 0.3 is 0 Å². The molecule has 1 atom stereocenters. The van der Waals surface area contributed by atoms with E-state index in [4.69, 9.17) is 9.15 Å². The lowest BCUT2D eigenvalue weighted by Gasteiger charge is -2.38. The van der Waals surface area contributed by atoms with Crippen molar-refractivity contribution in [2.75, 3.05) is 32.8 Å². The smallest absolute Gasteiger partial charge is 0.246 e. The molecule has 2 saturated heterocycles. The third kappa shape index (κ3) is 5.16. The number of rotatable bonds is 7. The summed E-state index contributed by atoms with van der Waals surface area (Å²) in [7, 11) is 0. The first-order valence-corrected chi connectivity index (χ1v) is 12.2. The molecular formula is C27H34N2O3. The lowest BCUT2D eigenvalue weighted by molar-refractivity contribution is -0.128. The fourth-order valence-corrected chi connectivity index (χ4v) is 5.54. The van der Waals surface area contributed by atoms with Crippen molar-refractivity contribution in [2.24, 2.45) is 5.92 Å². The van der Waals surface area contributed by atoms with Crippen LogP contribution in [-0.2, 0) is 22.4 Å². The van der Waals surface area contributed by atoms with Crippen molar-refractivity contribution in [3.05, 3.63) is 65.6 Å². The van der Waals surface area contributed by atoms with Gasteiger partial charge in [-0.15, -0.1) is 0 Å². The number of piperidine rings is 1. The van der Waals surface area contributed by atoms with Crippen LogP contribution in [0.3, 0.4) is 0 Å². The summed E-state index contributed by atoms with van der Waals surface area (Å²) in [5, 5.41) is 0. The van der Waals surface area contributed by atoms with Crippen LogP contribution < -0.4 is 0 Å². The topological polar surface area (TPSA) is 45.9 Å². The predicted molar refractivity (Wildman–Crippen MR) is 125 cm³/mol. The highest BCUT2D eigenvalue weighted by atomic mass is 16.5. The van der Waals surface area contributed by atoms with Gasteiger partial charge in [0, 0.05) is 31.8 Å². The van der Waals surface area contributed by atoms with E-state index < -0.39 is 0 Å². The first-order valence-electron chi connectivity index (χ1n) is 12.2. The summed E-state index contributed by atoms with van der Waals surface area (Å²) >= 11 is 0. The van der Waals surface area contributed by atoms with Crippen molar-refractivity contribution >= 4 is 12.0 Å². The van der Waals surface area contributed by atoms with Gasteiger partial charge < -0.3 is 14.1 Å². The largest absolute Gasteiger partial charge is 0.465 e. The molecule has 3 heterocycles. The van der Waals surface area contributed by atoms with E-state index in [2.05, 4.69) is 29.2 Å². The maximum atomic E-state index is 13.0. The minimum Gasteiger partial charge on any atom is -0.465 e. The van der Waals surface area contributed by atoms with Crippen LogP contribution in [0.2, 0.25) is 0 Å². The highest BCUT2D eigenvalue weighted by molar-refractivity contribution is 5.91. The van der Waals surface area contributed by atoms with E-state index >= 15 is 0 Å². The Labute approximate surface area is 191 Å². The molecule has 0 radical (unpaired) electrons. The summed E-state index contributed by atoms with van der Waals surface area (Å²) in [5.74, 6) is 1.32. The Morgan fingerprint density at radius 1 is 1.03 bits per heavy atom. The number of amides is 1. The Bertz CT molecular complexity index is 884. The summed E-state index contributed by atoms with van der Waals surface area (Å²) in [5.41, 5.74) is 3.05. The Kier molecular flexibility index (Phi) is 6.75. The molecular weight excluding hydrogens is 400 g/mol. The van der Waals surface area contributed by atoms with E-state index in [1.165, 1.54) is 24.0 Å². The van der Waals surface area contributed by atoms with E-state index in [0.29, 0.717) is 24.3 Å². The van der Waals surface area contributed by atoms with Gasteiger partial charge in [-0.05, 0) is 86.9 Å². The van der Waals surface area contributed by atoms with Crippen LogP contribution >= 0.6 is 0 Å². The van der Waals surface area contributed by atoms with Gasteiger partial charge in [0.15, 0.2) is 0 Å². The van der Waals surface area contributed by atoms with Crippen molar-refractivity contribution in [1.82, 2.24) is 9.80 Å². The van der Waals surface area contributed by atoms with Crippen LogP contribution in [0.5, 0.6) is 0 Å². The third-order valence-electron chi connectivity index (χ3n) is 7.37. The number of hydrogen-bond acceptors (Lipinski definition) is 4. The highest BCUT2D eigenvalue weighted by Gasteiger charge is 2.31. The molecule has 5 rings (SSSR count). The first kappa shape index (κ1) is 21.5. The molecule has 2 aliphatic heterocycles. The summed E-state index contributed by atoms with van der Waals surface area (Å²) < 4.78 is 11.2. The quantitative estimate of drug-likeness (QED) is 0.614. The second-order valence-corrected chi connectivity index (χ2v) is 9.54. The molecule has 1 amide bonds. The Morgan fingerprint density at radius 3 is 2.47 bits per heavy atom. The van der Waals surface area contributed by atoms with Gasteiger partial charge in [-0.1, -0.05) is 24.3 Å². The van der Waals surface area contributed by atoms with E-state index in [-0.39, 0.29) is 12.0 Å². The predicted octanol–water partition coefficient (Wildman–Crippen LogP) is 4.18. The Balaban J connectivity index is 1.16. The molecule has 32 heavy (non-hydrogen) atoms. The van der Waals surface area contributed by atoms with Crippen LogP contribution in [0.1, 0.15) is 42.6 Å². The van der Waals surface area contributed by atoms with Gasteiger partial charge in [0.1, 0.15) is 5.76 Å². The molecule has 2 fully saturated rings. The summed E-state index contributed by atoms with van der Waals surface area (Å²) in [6.07, 6.45) is 12.0. The molecule has 1 aliphatic carbocycles. The monoisotopic (exact) mass is 434 g/mol. The number of carbonyl (C=O) groups is 1. The molecule has 0 N–H and O–H groups in total. The SMILES string of the molecule is O=C(/C=C/c1ccco1)N(CC1CCN(C2Cc3ccccc3C2)CC1)CC1CCCO1. The maximum absolute atomic E-state index is 13.0. The summed E-state index contributed by atoms with van der Waals surface area (Å²) in [6, 6.07) is 13.2. The molecule has 5 heteroatoms. The third-order valence-corrected chi connectivity index (χ3v) is 7.37. The van der Waals surface area contributed by atoms with E-state index in [1.807, 2.05) is 17.0 Å². The molecule has 3 aliphatic rings. The number of nitrogens with zero attached hydrogens (tertiary/aromatic N) is 2. The first-order chi connectivity index (χ1) is 15.7. The van der Waals surface area contributed by atoms with Crippen molar-refractivity contribution < 1.29 is 13.9 Å². The molecule has 1 unspecified atom stereocenters. The second kappa shape index (κ2) is 10.1. The fraction of sp³-hybridized carbons (Fsp3) is 0.519. The summed E-state index contributed by atoms with van der Waals surface area (Å²) in [4.78, 5) is 17.7. The number of fused-ring (bicyclic) bond motifs is 1. The summed E-state index contributed by atoms with van der Waals surface area (Å²) in [6.45, 7) is 4.59. The minimum absolute atomic E-state index is 0.0607. The molecule has 1 aromatic heterocycles. The maximum Gasteiger partial charge on any atom is 0.246 e. The lowest BCUT2D eigenvalue weighted by Crippen LogP contribution is -2.46. The number of carbonyl (C=O) groups excluding carboxylic acids is 1. The molecule has 1 aromatic carbocycles. The Hall–Kier alpha value is -2.37. The van der Waals surface area contributed by atoms with Crippen molar-refractivity contribution in [3.63, 3.8) is 0 Å².